The third-order valence-corrected chi connectivity index (χ3v) is 5.13. The first-order chi connectivity index (χ1) is 12.6. The molecule has 0 aromatic carbocycles. The molecule has 0 radical (unpaired) electrons. The molecule has 0 atom stereocenters. The summed E-state index contributed by atoms with van der Waals surface area (Å²) in [6, 6.07) is 0. The molecule has 138 valence electrons. The number of anilines is 1. The molecule has 1 N–H and O–H groups in total. The van der Waals surface area contributed by atoms with Crippen LogP contribution in [-0.2, 0) is 18.4 Å². The topological polar surface area (TPSA) is 99.8 Å². The van der Waals surface area contributed by atoms with Crippen LogP contribution >= 0.6 is 23.1 Å². The second kappa shape index (κ2) is 8.32. The summed E-state index contributed by atoms with van der Waals surface area (Å²) in [7, 11) is 1.86. The summed E-state index contributed by atoms with van der Waals surface area (Å²) >= 11 is 2.69. The smallest absolute Gasteiger partial charge is 0.243 e. The molecule has 11 heteroatoms. The number of nitrogens with zero attached hydrogens (tertiary/aromatic N) is 6. The van der Waals surface area contributed by atoms with Crippen LogP contribution < -0.4 is 10.1 Å². The van der Waals surface area contributed by atoms with E-state index in [1.165, 1.54) is 23.1 Å². The molecule has 0 aliphatic rings. The highest BCUT2D eigenvalue weighted by Crippen LogP contribution is 2.29. The molecular weight excluding hydrogens is 374 g/mol. The SMILES string of the molecule is CCOc1nn(CC)cc1-c1nnc(SCC(=O)Nc2nccs2)n1C. The van der Waals surface area contributed by atoms with Gasteiger partial charge in [-0.25, -0.2) is 4.98 Å². The molecule has 3 aromatic rings. The molecule has 0 unspecified atom stereocenters. The summed E-state index contributed by atoms with van der Waals surface area (Å²) < 4.78 is 9.23. The molecule has 0 bridgehead atoms. The van der Waals surface area contributed by atoms with E-state index < -0.39 is 0 Å². The fourth-order valence-corrected chi connectivity index (χ4v) is 3.46. The molecule has 9 nitrogen and oxygen atoms in total. The Morgan fingerprint density at radius 1 is 1.38 bits per heavy atom. The Bertz CT molecular complexity index is 873. The van der Waals surface area contributed by atoms with Gasteiger partial charge in [-0.1, -0.05) is 11.8 Å². The monoisotopic (exact) mass is 393 g/mol. The van der Waals surface area contributed by atoms with Gasteiger partial charge in [0.2, 0.25) is 11.8 Å². The minimum absolute atomic E-state index is 0.136. The van der Waals surface area contributed by atoms with Gasteiger partial charge in [-0.15, -0.1) is 26.6 Å². The standard InChI is InChI=1S/C15H19N7O2S2/c1-4-22-8-10(13(20-22)24-5-2)12-18-19-15(21(12)3)26-9-11(23)17-14-16-6-7-25-14/h6-8H,4-5,9H2,1-3H3,(H,16,17,23). The normalized spacial score (nSPS) is 10.9. The predicted octanol–water partition coefficient (Wildman–Crippen LogP) is 2.28. The predicted molar refractivity (Wildman–Crippen MR) is 101 cm³/mol. The summed E-state index contributed by atoms with van der Waals surface area (Å²) in [5.74, 6) is 1.26. The molecule has 0 aliphatic carbocycles. The highest BCUT2D eigenvalue weighted by atomic mass is 32.2. The van der Waals surface area contributed by atoms with Crippen molar-refractivity contribution in [2.45, 2.75) is 25.5 Å². The van der Waals surface area contributed by atoms with Gasteiger partial charge in [-0.2, -0.15) is 0 Å². The van der Waals surface area contributed by atoms with E-state index in [0.29, 0.717) is 28.6 Å². The zero-order chi connectivity index (χ0) is 18.5. The van der Waals surface area contributed by atoms with Gasteiger partial charge in [0.05, 0.1) is 12.4 Å². The molecule has 3 rings (SSSR count). The number of rotatable bonds is 8. The summed E-state index contributed by atoms with van der Waals surface area (Å²) in [5, 5.41) is 18.6. The Balaban J connectivity index is 1.72. The first-order valence-electron chi connectivity index (χ1n) is 8.04. The quantitative estimate of drug-likeness (QED) is 0.586. The van der Waals surface area contributed by atoms with Crippen LogP contribution in [0.2, 0.25) is 0 Å². The molecule has 0 saturated carbocycles. The van der Waals surface area contributed by atoms with Crippen LogP contribution in [0.1, 0.15) is 13.8 Å². The van der Waals surface area contributed by atoms with E-state index in [4.69, 9.17) is 4.74 Å². The maximum absolute atomic E-state index is 12.0. The molecule has 3 aromatic heterocycles. The Morgan fingerprint density at radius 3 is 2.92 bits per heavy atom. The van der Waals surface area contributed by atoms with Gasteiger partial charge in [-0.3, -0.25) is 9.48 Å². The average Bonchev–Trinajstić information content (AvgIpc) is 3.34. The number of hydrogen-bond donors (Lipinski definition) is 1. The van der Waals surface area contributed by atoms with Crippen LogP contribution in [0.4, 0.5) is 5.13 Å². The van der Waals surface area contributed by atoms with Crippen LogP contribution in [-0.4, -0.2) is 47.8 Å². The number of carbonyl (C=O) groups is 1. The van der Waals surface area contributed by atoms with Gasteiger partial charge in [0.1, 0.15) is 5.56 Å². The van der Waals surface area contributed by atoms with Crippen molar-refractivity contribution in [2.24, 2.45) is 7.05 Å². The highest BCUT2D eigenvalue weighted by Gasteiger charge is 2.19. The van der Waals surface area contributed by atoms with Crippen LogP contribution in [0.3, 0.4) is 0 Å². The summed E-state index contributed by atoms with van der Waals surface area (Å²) in [6.45, 7) is 5.17. The first kappa shape index (κ1) is 18.4. The minimum atomic E-state index is -0.136. The maximum Gasteiger partial charge on any atom is 0.243 e. The number of hydrogen-bond acceptors (Lipinski definition) is 8. The zero-order valence-electron chi connectivity index (χ0n) is 14.7. The summed E-state index contributed by atoms with van der Waals surface area (Å²) in [6.07, 6.45) is 3.54. The average molecular weight is 393 g/mol. The van der Waals surface area contributed by atoms with Crippen LogP contribution in [0.25, 0.3) is 11.4 Å². The molecule has 1 amide bonds. The lowest BCUT2D eigenvalue weighted by molar-refractivity contribution is -0.113. The van der Waals surface area contributed by atoms with Gasteiger partial charge in [0, 0.05) is 31.4 Å². The lowest BCUT2D eigenvalue weighted by atomic mass is 10.3. The van der Waals surface area contributed by atoms with Crippen molar-refractivity contribution in [3.05, 3.63) is 17.8 Å². The second-order valence-corrected chi connectivity index (χ2v) is 7.01. The fraction of sp³-hybridized carbons (Fsp3) is 0.400. The van der Waals surface area contributed by atoms with Gasteiger partial charge >= 0.3 is 0 Å². The number of aryl methyl sites for hydroxylation is 1. The van der Waals surface area contributed by atoms with Gasteiger partial charge < -0.3 is 14.6 Å². The molecule has 0 aliphatic heterocycles. The molecule has 0 fully saturated rings. The van der Waals surface area contributed by atoms with E-state index in [2.05, 4.69) is 25.6 Å². The van der Waals surface area contributed by atoms with E-state index in [1.807, 2.05) is 37.0 Å². The second-order valence-electron chi connectivity index (χ2n) is 5.18. The van der Waals surface area contributed by atoms with Crippen molar-refractivity contribution in [2.75, 3.05) is 17.7 Å². The first-order valence-corrected chi connectivity index (χ1v) is 9.91. The summed E-state index contributed by atoms with van der Waals surface area (Å²) in [5.41, 5.74) is 0.780. The van der Waals surface area contributed by atoms with E-state index in [9.17, 15) is 4.79 Å². The van der Waals surface area contributed by atoms with Crippen LogP contribution in [0.15, 0.2) is 22.9 Å². The molecular formula is C15H19N7O2S2. The van der Waals surface area contributed by atoms with Gasteiger partial charge in [0.15, 0.2) is 16.1 Å². The van der Waals surface area contributed by atoms with Crippen LogP contribution in [0.5, 0.6) is 5.88 Å². The number of aromatic nitrogens is 6. The Morgan fingerprint density at radius 2 is 2.23 bits per heavy atom. The number of carbonyl (C=O) groups excluding carboxylic acids is 1. The Labute approximate surface area is 158 Å². The van der Waals surface area contributed by atoms with Crippen molar-refractivity contribution in [1.29, 1.82) is 0 Å². The lowest BCUT2D eigenvalue weighted by Crippen LogP contribution is -2.14. The lowest BCUT2D eigenvalue weighted by Gasteiger charge is -2.04. The van der Waals surface area contributed by atoms with Crippen molar-refractivity contribution < 1.29 is 9.53 Å². The third kappa shape index (κ3) is 4.05. The molecule has 0 saturated heterocycles. The van der Waals surface area contributed by atoms with E-state index >= 15 is 0 Å². The number of nitrogens with one attached hydrogen (secondary N) is 1. The number of amides is 1. The van der Waals surface area contributed by atoms with Crippen molar-refractivity contribution in [1.82, 2.24) is 29.5 Å². The van der Waals surface area contributed by atoms with Crippen molar-refractivity contribution >= 4 is 34.1 Å². The largest absolute Gasteiger partial charge is 0.476 e. The van der Waals surface area contributed by atoms with Crippen LogP contribution in [0, 0.1) is 0 Å². The summed E-state index contributed by atoms with van der Waals surface area (Å²) in [4.78, 5) is 16.0. The van der Waals surface area contributed by atoms with E-state index in [0.717, 1.165) is 12.1 Å². The molecule has 3 heterocycles. The molecule has 0 spiro atoms. The number of thioether (sulfide) groups is 1. The van der Waals surface area contributed by atoms with Crippen molar-refractivity contribution in [3.63, 3.8) is 0 Å². The van der Waals surface area contributed by atoms with Gasteiger partial charge in [-0.05, 0) is 13.8 Å². The number of thiazole rings is 1. The van der Waals surface area contributed by atoms with E-state index in [1.54, 1.807) is 10.9 Å². The van der Waals surface area contributed by atoms with Gasteiger partial charge in [0.25, 0.3) is 0 Å². The fourth-order valence-electron chi connectivity index (χ4n) is 2.21. The van der Waals surface area contributed by atoms with E-state index in [-0.39, 0.29) is 11.7 Å². The Hall–Kier alpha value is -2.40. The highest BCUT2D eigenvalue weighted by molar-refractivity contribution is 7.99. The van der Waals surface area contributed by atoms with Crippen molar-refractivity contribution in [3.8, 4) is 17.3 Å². The maximum atomic E-state index is 12.0. The zero-order valence-corrected chi connectivity index (χ0v) is 16.3. The number of ether oxygens (including phenoxy) is 1. The Kier molecular flexibility index (Phi) is 5.89. The third-order valence-electron chi connectivity index (χ3n) is 3.42. The minimum Gasteiger partial charge on any atom is -0.476 e. The molecule has 26 heavy (non-hydrogen) atoms.